The predicted octanol–water partition coefficient (Wildman–Crippen LogP) is 2.28. The van der Waals surface area contributed by atoms with E-state index in [-0.39, 0.29) is 6.42 Å². The monoisotopic (exact) mass is 249 g/mol. The highest BCUT2D eigenvalue weighted by Gasteiger charge is 2.71. The minimum absolute atomic E-state index is 0.312. The van der Waals surface area contributed by atoms with Crippen molar-refractivity contribution >= 4 is 0 Å². The molecule has 5 heteroatoms. The number of halogens is 2. The number of hydrogen-bond donors (Lipinski definition) is 1. The van der Waals surface area contributed by atoms with Crippen molar-refractivity contribution in [2.24, 2.45) is 12.8 Å². The van der Waals surface area contributed by atoms with Crippen LogP contribution in [0.25, 0.3) is 11.3 Å². The van der Waals surface area contributed by atoms with Gasteiger partial charge >= 0.3 is 0 Å². The largest absolute Gasteiger partial charge is 0.315 e. The van der Waals surface area contributed by atoms with Crippen molar-refractivity contribution in [2.75, 3.05) is 0 Å². The van der Waals surface area contributed by atoms with E-state index in [4.69, 9.17) is 5.73 Å². The Morgan fingerprint density at radius 3 is 2.44 bits per heavy atom. The maximum absolute atomic E-state index is 13.3. The quantitative estimate of drug-likeness (QED) is 0.887. The third kappa shape index (κ3) is 1.47. The van der Waals surface area contributed by atoms with E-state index in [1.54, 1.807) is 13.1 Å². The van der Waals surface area contributed by atoms with Gasteiger partial charge < -0.3 is 5.73 Å². The summed E-state index contributed by atoms with van der Waals surface area (Å²) < 4.78 is 28.0. The molecule has 3 nitrogen and oxygen atoms in total. The molecular weight excluding hydrogens is 236 g/mol. The number of nitrogens with two attached hydrogens (primary N) is 1. The summed E-state index contributed by atoms with van der Waals surface area (Å²) in [6.07, 6.45) is -0.312. The van der Waals surface area contributed by atoms with Crippen LogP contribution in [-0.2, 0) is 12.6 Å². The number of rotatable bonds is 2. The third-order valence-corrected chi connectivity index (χ3v) is 3.43. The molecule has 0 bridgehead atoms. The lowest BCUT2D eigenvalue weighted by molar-refractivity contribution is 0.0871. The molecule has 1 aromatic carbocycles. The first-order valence-electron chi connectivity index (χ1n) is 5.71. The zero-order valence-electron chi connectivity index (χ0n) is 9.90. The summed E-state index contributed by atoms with van der Waals surface area (Å²) in [5.74, 6) is -2.82. The first-order chi connectivity index (χ1) is 8.44. The Kier molecular flexibility index (Phi) is 2.13. The van der Waals surface area contributed by atoms with Gasteiger partial charge in [0.2, 0.25) is 0 Å². The van der Waals surface area contributed by atoms with Crippen molar-refractivity contribution in [1.29, 1.82) is 0 Å². The van der Waals surface area contributed by atoms with Crippen LogP contribution in [0.2, 0.25) is 0 Å². The summed E-state index contributed by atoms with van der Waals surface area (Å²) in [4.78, 5) is 0. The molecule has 1 heterocycles. The molecule has 2 aromatic rings. The van der Waals surface area contributed by atoms with Crippen molar-refractivity contribution < 1.29 is 8.78 Å². The minimum Gasteiger partial charge on any atom is -0.315 e. The van der Waals surface area contributed by atoms with Crippen molar-refractivity contribution in [3.8, 4) is 11.3 Å². The molecule has 1 unspecified atom stereocenters. The molecule has 0 amide bonds. The molecule has 1 aliphatic carbocycles. The summed E-state index contributed by atoms with van der Waals surface area (Å²) in [6, 6.07) is 11.1. The number of benzene rings is 1. The van der Waals surface area contributed by atoms with Gasteiger partial charge in [-0.15, -0.1) is 0 Å². The smallest absolute Gasteiger partial charge is 0.273 e. The van der Waals surface area contributed by atoms with E-state index in [0.717, 1.165) is 5.56 Å². The first-order valence-corrected chi connectivity index (χ1v) is 5.71. The second kappa shape index (κ2) is 3.38. The third-order valence-electron chi connectivity index (χ3n) is 3.43. The van der Waals surface area contributed by atoms with Crippen LogP contribution < -0.4 is 5.73 Å². The highest BCUT2D eigenvalue weighted by molar-refractivity contribution is 5.60. The van der Waals surface area contributed by atoms with Crippen LogP contribution in [0.15, 0.2) is 36.4 Å². The molecule has 18 heavy (non-hydrogen) atoms. The van der Waals surface area contributed by atoms with Gasteiger partial charge in [-0.25, -0.2) is 8.78 Å². The Hall–Kier alpha value is -1.75. The maximum atomic E-state index is 13.3. The van der Waals surface area contributed by atoms with Crippen LogP contribution in [0.1, 0.15) is 12.1 Å². The summed E-state index contributed by atoms with van der Waals surface area (Å²) in [5.41, 5.74) is 6.12. The average molecular weight is 249 g/mol. The van der Waals surface area contributed by atoms with E-state index in [2.05, 4.69) is 5.10 Å². The fourth-order valence-electron chi connectivity index (χ4n) is 2.22. The number of alkyl halides is 2. The molecule has 1 fully saturated rings. The second-order valence-corrected chi connectivity index (χ2v) is 4.76. The standard InChI is InChI=1S/C13H13F2N3/c1-18-11(12(16)8-13(12,14)15)7-10(17-18)9-5-3-2-4-6-9/h2-7H,8,16H2,1H3. The molecule has 0 saturated heterocycles. The lowest BCUT2D eigenvalue weighted by Crippen LogP contribution is -2.29. The predicted molar refractivity (Wildman–Crippen MR) is 64.1 cm³/mol. The molecule has 94 valence electrons. The summed E-state index contributed by atoms with van der Waals surface area (Å²) in [5, 5.41) is 4.26. The lowest BCUT2D eigenvalue weighted by Gasteiger charge is -2.09. The van der Waals surface area contributed by atoms with Gasteiger partial charge in [0.1, 0.15) is 5.54 Å². The van der Waals surface area contributed by atoms with Crippen LogP contribution in [0, 0.1) is 0 Å². The van der Waals surface area contributed by atoms with E-state index in [1.807, 2.05) is 30.3 Å². The number of hydrogen-bond acceptors (Lipinski definition) is 2. The molecule has 1 aliphatic rings. The van der Waals surface area contributed by atoms with Gasteiger partial charge in [-0.05, 0) is 6.07 Å². The number of aryl methyl sites for hydroxylation is 1. The van der Waals surface area contributed by atoms with Gasteiger partial charge in [-0.2, -0.15) is 5.10 Å². The van der Waals surface area contributed by atoms with Gasteiger partial charge in [0.25, 0.3) is 5.92 Å². The van der Waals surface area contributed by atoms with E-state index in [1.165, 1.54) is 4.68 Å². The molecule has 3 rings (SSSR count). The van der Waals surface area contributed by atoms with E-state index in [9.17, 15) is 8.78 Å². The fourth-order valence-corrected chi connectivity index (χ4v) is 2.22. The molecule has 0 radical (unpaired) electrons. The zero-order chi connectivity index (χ0) is 13.0. The molecule has 1 saturated carbocycles. The summed E-state index contributed by atoms with van der Waals surface area (Å²) >= 11 is 0. The van der Waals surface area contributed by atoms with Crippen molar-refractivity contribution in [3.05, 3.63) is 42.1 Å². The molecule has 1 aromatic heterocycles. The second-order valence-electron chi connectivity index (χ2n) is 4.76. The topological polar surface area (TPSA) is 43.8 Å². The van der Waals surface area contributed by atoms with Crippen LogP contribution in [0.3, 0.4) is 0 Å². The molecule has 0 aliphatic heterocycles. The number of aromatic nitrogens is 2. The van der Waals surface area contributed by atoms with E-state index >= 15 is 0 Å². The highest BCUT2D eigenvalue weighted by Crippen LogP contribution is 2.57. The Morgan fingerprint density at radius 1 is 1.28 bits per heavy atom. The van der Waals surface area contributed by atoms with Crippen LogP contribution in [0.5, 0.6) is 0 Å². The lowest BCUT2D eigenvalue weighted by atomic mass is 10.1. The van der Waals surface area contributed by atoms with Gasteiger partial charge in [-0.3, -0.25) is 4.68 Å². The number of nitrogens with zero attached hydrogens (tertiary/aromatic N) is 2. The van der Waals surface area contributed by atoms with Gasteiger partial charge in [-0.1, -0.05) is 30.3 Å². The highest BCUT2D eigenvalue weighted by atomic mass is 19.3. The Bertz CT molecular complexity index is 592. The van der Waals surface area contributed by atoms with Crippen LogP contribution in [-0.4, -0.2) is 15.7 Å². The molecule has 0 spiro atoms. The van der Waals surface area contributed by atoms with Crippen molar-refractivity contribution in [1.82, 2.24) is 9.78 Å². The van der Waals surface area contributed by atoms with Gasteiger partial charge in [0, 0.05) is 19.0 Å². The molecule has 1 atom stereocenters. The normalized spacial score (nSPS) is 25.1. The van der Waals surface area contributed by atoms with Gasteiger partial charge in [0.05, 0.1) is 11.4 Å². The van der Waals surface area contributed by atoms with Gasteiger partial charge in [0.15, 0.2) is 0 Å². The summed E-state index contributed by atoms with van der Waals surface area (Å²) in [6.45, 7) is 0. The Labute approximate surface area is 103 Å². The zero-order valence-corrected chi connectivity index (χ0v) is 9.90. The maximum Gasteiger partial charge on any atom is 0.273 e. The fraction of sp³-hybridized carbons (Fsp3) is 0.308. The van der Waals surface area contributed by atoms with Crippen molar-refractivity contribution in [2.45, 2.75) is 17.9 Å². The minimum atomic E-state index is -2.82. The molecule has 2 N–H and O–H groups in total. The summed E-state index contributed by atoms with van der Waals surface area (Å²) in [7, 11) is 1.64. The first kappa shape index (κ1) is 11.3. The van der Waals surface area contributed by atoms with E-state index in [0.29, 0.717) is 11.4 Å². The van der Waals surface area contributed by atoms with Crippen LogP contribution >= 0.6 is 0 Å². The Morgan fingerprint density at radius 2 is 1.89 bits per heavy atom. The Balaban J connectivity index is 2.03. The van der Waals surface area contributed by atoms with Crippen LogP contribution in [0.4, 0.5) is 8.78 Å². The average Bonchev–Trinajstić information content (AvgIpc) is 2.70. The van der Waals surface area contributed by atoms with Crippen molar-refractivity contribution in [3.63, 3.8) is 0 Å². The molecular formula is C13H13F2N3. The SMILES string of the molecule is Cn1nc(-c2ccccc2)cc1C1(N)CC1(F)F. The van der Waals surface area contributed by atoms with E-state index < -0.39 is 11.5 Å².